The summed E-state index contributed by atoms with van der Waals surface area (Å²) in [5.74, 6) is -1.79. The first kappa shape index (κ1) is 27.3. The summed E-state index contributed by atoms with van der Waals surface area (Å²) in [6.07, 6.45) is 1.53. The van der Waals surface area contributed by atoms with Crippen molar-refractivity contribution in [1.82, 2.24) is 19.1 Å². The van der Waals surface area contributed by atoms with E-state index in [-0.39, 0.29) is 28.3 Å². The highest BCUT2D eigenvalue weighted by molar-refractivity contribution is 7.98. The van der Waals surface area contributed by atoms with E-state index >= 15 is 4.39 Å². The molecule has 4 aromatic rings. The van der Waals surface area contributed by atoms with Crippen LogP contribution in [0.25, 0.3) is 22.2 Å². The summed E-state index contributed by atoms with van der Waals surface area (Å²) in [6, 6.07) is 11.6. The van der Waals surface area contributed by atoms with Gasteiger partial charge in [-0.1, -0.05) is 32.0 Å². The van der Waals surface area contributed by atoms with E-state index in [9.17, 15) is 14.0 Å². The fourth-order valence-corrected chi connectivity index (χ4v) is 4.47. The normalized spacial score (nSPS) is 12.7. The molecule has 0 aliphatic heterocycles. The number of halogens is 2. The summed E-state index contributed by atoms with van der Waals surface area (Å²) >= 11 is 1.28. The average molecular weight is 541 g/mol. The van der Waals surface area contributed by atoms with E-state index in [1.807, 2.05) is 32.0 Å². The molecule has 38 heavy (non-hydrogen) atoms. The summed E-state index contributed by atoms with van der Waals surface area (Å²) in [4.78, 5) is 26.6. The molecule has 1 fully saturated rings. The van der Waals surface area contributed by atoms with Crippen molar-refractivity contribution in [3.8, 4) is 11.3 Å². The maximum Gasteiger partial charge on any atom is 0.289 e. The Labute approximate surface area is 223 Å². The fourth-order valence-electron chi connectivity index (χ4n) is 4.13. The Morgan fingerprint density at radius 3 is 2.45 bits per heavy atom. The number of fused-ring (bicyclic) bond motifs is 1. The minimum atomic E-state index is -1.16. The molecule has 0 saturated heterocycles. The minimum Gasteiger partial charge on any atom is -0.350 e. The van der Waals surface area contributed by atoms with E-state index in [1.54, 1.807) is 26.1 Å². The fraction of sp³-hybridized carbons (Fsp3) is 0.296. The van der Waals surface area contributed by atoms with Gasteiger partial charge in [-0.15, -0.1) is 0 Å². The number of hydrogen-bond donors (Lipinski definition) is 3. The molecule has 3 N–H and O–H groups in total. The van der Waals surface area contributed by atoms with E-state index in [2.05, 4.69) is 19.9 Å². The first-order valence-electron chi connectivity index (χ1n) is 12.4. The zero-order chi connectivity index (χ0) is 27.6. The second kappa shape index (κ2) is 11.4. The molecular weight excluding hydrogens is 510 g/mol. The van der Waals surface area contributed by atoms with Crippen molar-refractivity contribution < 1.29 is 8.78 Å². The van der Waals surface area contributed by atoms with Gasteiger partial charge in [-0.2, -0.15) is 9.49 Å². The Balaban J connectivity index is 0.00000164. The molecule has 8 nitrogen and oxygen atoms in total. The zero-order valence-electron chi connectivity index (χ0n) is 21.9. The summed E-state index contributed by atoms with van der Waals surface area (Å²) in [6.45, 7) is 5.73. The third-order valence-corrected chi connectivity index (χ3v) is 6.61. The zero-order valence-corrected chi connectivity index (χ0v) is 22.7. The molecule has 0 bridgehead atoms. The topological polar surface area (TPSA) is 93.0 Å². The smallest absolute Gasteiger partial charge is 0.289 e. The van der Waals surface area contributed by atoms with E-state index in [4.69, 9.17) is 0 Å². The molecule has 2 aromatic heterocycles. The lowest BCUT2D eigenvalue weighted by Gasteiger charge is -2.18. The van der Waals surface area contributed by atoms with Gasteiger partial charge in [-0.3, -0.25) is 9.59 Å². The van der Waals surface area contributed by atoms with Gasteiger partial charge in [-0.25, -0.2) is 13.8 Å². The van der Waals surface area contributed by atoms with E-state index in [0.29, 0.717) is 16.8 Å². The maximum atomic E-state index is 15.4. The summed E-state index contributed by atoms with van der Waals surface area (Å²) in [7, 11) is 3.17. The van der Waals surface area contributed by atoms with Crippen LogP contribution in [-0.2, 0) is 7.05 Å². The van der Waals surface area contributed by atoms with Crippen LogP contribution in [0.3, 0.4) is 0 Å². The summed E-state index contributed by atoms with van der Waals surface area (Å²) in [5.41, 5.74) is 0.686. The van der Waals surface area contributed by atoms with E-state index < -0.39 is 22.8 Å². The molecular formula is C27H30F2N6O2S. The third kappa shape index (κ3) is 5.16. The SMILES string of the molecule is CC.CNSNc1cccc(-c2nn(C3CC3)c(=O)c3c(Nc4ccc(C)cc4F)c(F)c(=O)n(C)c23)c1. The lowest BCUT2D eigenvalue weighted by Crippen LogP contribution is -2.30. The Bertz CT molecular complexity index is 1610. The number of benzene rings is 2. The molecule has 11 heteroatoms. The number of nitrogens with zero attached hydrogens (tertiary/aromatic N) is 3. The lowest BCUT2D eigenvalue weighted by molar-refractivity contribution is 0.590. The predicted octanol–water partition coefficient (Wildman–Crippen LogP) is 5.65. The Kier molecular flexibility index (Phi) is 8.17. The van der Waals surface area contributed by atoms with Crippen LogP contribution in [0.1, 0.15) is 38.3 Å². The first-order valence-corrected chi connectivity index (χ1v) is 13.2. The van der Waals surface area contributed by atoms with Gasteiger partial charge in [0.05, 0.1) is 28.3 Å². The number of anilines is 3. The molecule has 1 saturated carbocycles. The molecule has 200 valence electrons. The van der Waals surface area contributed by atoms with Crippen LogP contribution in [0.2, 0.25) is 0 Å². The number of nitrogens with one attached hydrogen (secondary N) is 3. The van der Waals surface area contributed by atoms with Crippen LogP contribution < -0.4 is 25.9 Å². The van der Waals surface area contributed by atoms with Crippen LogP contribution in [-0.4, -0.2) is 21.4 Å². The highest BCUT2D eigenvalue weighted by Gasteiger charge is 2.31. The molecule has 0 radical (unpaired) electrons. The number of hydrogen-bond acceptors (Lipinski definition) is 7. The molecule has 0 atom stereocenters. The van der Waals surface area contributed by atoms with Crippen LogP contribution in [0.4, 0.5) is 25.8 Å². The Morgan fingerprint density at radius 1 is 1.05 bits per heavy atom. The van der Waals surface area contributed by atoms with Gasteiger partial charge >= 0.3 is 0 Å². The summed E-state index contributed by atoms with van der Waals surface area (Å²) in [5, 5.41) is 7.27. The first-order chi connectivity index (χ1) is 18.3. The second-order valence-electron chi connectivity index (χ2n) is 8.70. The monoisotopic (exact) mass is 540 g/mol. The van der Waals surface area contributed by atoms with Crippen molar-refractivity contribution in [3.05, 3.63) is 80.4 Å². The number of rotatable bonds is 7. The van der Waals surface area contributed by atoms with Gasteiger partial charge < -0.3 is 14.6 Å². The largest absolute Gasteiger partial charge is 0.350 e. The van der Waals surface area contributed by atoms with Crippen LogP contribution in [0.15, 0.2) is 52.1 Å². The van der Waals surface area contributed by atoms with Gasteiger partial charge in [0, 0.05) is 30.4 Å². The highest BCUT2D eigenvalue weighted by atomic mass is 32.2. The van der Waals surface area contributed by atoms with Gasteiger partial charge in [0.1, 0.15) is 11.5 Å². The number of pyridine rings is 1. The van der Waals surface area contributed by atoms with Crippen molar-refractivity contribution in [2.45, 2.75) is 39.7 Å². The van der Waals surface area contributed by atoms with Gasteiger partial charge in [0.25, 0.3) is 11.1 Å². The molecule has 0 spiro atoms. The average Bonchev–Trinajstić information content (AvgIpc) is 3.76. The molecule has 5 rings (SSSR count). The van der Waals surface area contributed by atoms with E-state index in [1.165, 1.54) is 36.0 Å². The molecule has 0 amide bonds. The quantitative estimate of drug-likeness (QED) is 0.261. The van der Waals surface area contributed by atoms with Crippen molar-refractivity contribution in [2.75, 3.05) is 17.1 Å². The Morgan fingerprint density at radius 2 is 1.79 bits per heavy atom. The van der Waals surface area contributed by atoms with Gasteiger partial charge in [-0.05, 0) is 56.6 Å². The van der Waals surface area contributed by atoms with Crippen LogP contribution in [0, 0.1) is 18.6 Å². The van der Waals surface area contributed by atoms with Gasteiger partial charge in [0.2, 0.25) is 5.82 Å². The van der Waals surface area contributed by atoms with Crippen molar-refractivity contribution in [1.29, 1.82) is 0 Å². The standard InChI is InChI=1S/C25H24F2N6O2S.C2H6/c1-13-7-10-18(17(26)11-13)29-22-19-23(32(3)25(35)20(22)27)21(30-33(24(19)34)16-8-9-16)14-5-4-6-15(12-14)31-36-28-2;1-2/h4-7,10-12,16,28-29,31H,8-9H2,1-3H3;1-2H3. The maximum absolute atomic E-state index is 15.4. The molecule has 1 aliphatic rings. The molecule has 1 aliphatic carbocycles. The molecule has 2 aromatic carbocycles. The number of aryl methyl sites for hydroxylation is 2. The third-order valence-electron chi connectivity index (χ3n) is 6.07. The molecule has 2 heterocycles. The predicted molar refractivity (Wildman–Crippen MR) is 151 cm³/mol. The van der Waals surface area contributed by atoms with Crippen molar-refractivity contribution in [3.63, 3.8) is 0 Å². The van der Waals surface area contributed by atoms with Crippen molar-refractivity contribution in [2.24, 2.45) is 7.05 Å². The number of aromatic nitrogens is 3. The van der Waals surface area contributed by atoms with Crippen LogP contribution in [0.5, 0.6) is 0 Å². The minimum absolute atomic E-state index is 0.0416. The van der Waals surface area contributed by atoms with E-state index in [0.717, 1.165) is 23.1 Å². The van der Waals surface area contributed by atoms with Gasteiger partial charge in [0.15, 0.2) is 0 Å². The van der Waals surface area contributed by atoms with Crippen LogP contribution >= 0.6 is 12.1 Å². The summed E-state index contributed by atoms with van der Waals surface area (Å²) < 4.78 is 38.6. The lowest BCUT2D eigenvalue weighted by atomic mass is 10.1. The van der Waals surface area contributed by atoms with Crippen molar-refractivity contribution >= 4 is 40.1 Å². The molecule has 0 unspecified atom stereocenters. The Hall–Kier alpha value is -3.70. The second-order valence-corrected chi connectivity index (χ2v) is 9.52. The highest BCUT2D eigenvalue weighted by Crippen LogP contribution is 2.37.